The highest BCUT2D eigenvalue weighted by atomic mass is 32.2. The van der Waals surface area contributed by atoms with E-state index in [1.165, 1.54) is 23.1 Å². The third-order valence-corrected chi connectivity index (χ3v) is 5.77. The zero-order chi connectivity index (χ0) is 14.5. The van der Waals surface area contributed by atoms with E-state index in [1.807, 2.05) is 36.6 Å². The number of amides is 1. The second kappa shape index (κ2) is 7.10. The molecule has 0 fully saturated rings. The Hall–Kier alpha value is -1.05. The molecule has 1 unspecified atom stereocenters. The second-order valence-electron chi connectivity index (χ2n) is 4.18. The average Bonchev–Trinajstić information content (AvgIpc) is 2.92. The van der Waals surface area contributed by atoms with Gasteiger partial charge in [-0.2, -0.15) is 0 Å². The van der Waals surface area contributed by atoms with Gasteiger partial charge in [0.2, 0.25) is 5.91 Å². The average molecular weight is 325 g/mol. The normalized spacial score (nSPS) is 12.2. The molecule has 1 aromatic heterocycles. The highest BCUT2D eigenvalue weighted by Gasteiger charge is 2.25. The van der Waals surface area contributed by atoms with Crippen LogP contribution in [0.2, 0.25) is 0 Å². The molecule has 1 heterocycles. The highest BCUT2D eigenvalue weighted by Crippen LogP contribution is 2.38. The molecule has 7 heteroatoms. The number of aromatic nitrogens is 2. The summed E-state index contributed by atoms with van der Waals surface area (Å²) < 4.78 is 1.73. The molecule has 0 radical (unpaired) electrons. The van der Waals surface area contributed by atoms with Crippen molar-refractivity contribution in [3.8, 4) is 0 Å². The topological polar surface area (TPSA) is 46.1 Å². The van der Waals surface area contributed by atoms with Gasteiger partial charge < -0.3 is 4.90 Å². The lowest BCUT2D eigenvalue weighted by atomic mass is 10.1. The van der Waals surface area contributed by atoms with E-state index in [9.17, 15) is 4.79 Å². The van der Waals surface area contributed by atoms with Gasteiger partial charge in [0.1, 0.15) is 5.25 Å². The lowest BCUT2D eigenvalue weighted by Gasteiger charge is -2.19. The Bertz CT molecular complexity index is 571. The Morgan fingerprint density at radius 3 is 2.40 bits per heavy atom. The van der Waals surface area contributed by atoms with Crippen LogP contribution in [0.1, 0.15) is 10.8 Å². The van der Waals surface area contributed by atoms with E-state index in [0.717, 1.165) is 14.2 Å². The van der Waals surface area contributed by atoms with Crippen molar-refractivity contribution in [1.82, 2.24) is 15.1 Å². The van der Waals surface area contributed by atoms with E-state index in [2.05, 4.69) is 10.2 Å². The summed E-state index contributed by atoms with van der Waals surface area (Å²) in [4.78, 5) is 14.0. The first-order valence-corrected chi connectivity index (χ1v) is 8.84. The number of hydrogen-bond acceptors (Lipinski definition) is 6. The molecular weight excluding hydrogens is 310 g/mol. The quantitative estimate of drug-likeness (QED) is 0.790. The Labute approximate surface area is 131 Å². The van der Waals surface area contributed by atoms with Gasteiger partial charge in [-0.15, -0.1) is 10.2 Å². The molecule has 0 saturated heterocycles. The van der Waals surface area contributed by atoms with E-state index < -0.39 is 0 Å². The fourth-order valence-electron chi connectivity index (χ4n) is 1.55. The van der Waals surface area contributed by atoms with Crippen molar-refractivity contribution in [3.63, 3.8) is 0 Å². The predicted molar refractivity (Wildman–Crippen MR) is 85.4 cm³/mol. The maximum atomic E-state index is 12.4. The molecule has 106 valence electrons. The van der Waals surface area contributed by atoms with E-state index in [4.69, 9.17) is 0 Å². The lowest BCUT2D eigenvalue weighted by Crippen LogP contribution is -2.26. The van der Waals surface area contributed by atoms with Gasteiger partial charge in [-0.3, -0.25) is 4.79 Å². The summed E-state index contributed by atoms with van der Waals surface area (Å²) in [6, 6.07) is 9.77. The van der Waals surface area contributed by atoms with Crippen molar-refractivity contribution in [2.45, 2.75) is 13.9 Å². The fourth-order valence-corrected chi connectivity index (χ4v) is 4.33. The minimum absolute atomic E-state index is 0.0575. The van der Waals surface area contributed by atoms with Gasteiger partial charge in [0.15, 0.2) is 8.68 Å². The van der Waals surface area contributed by atoms with Crippen molar-refractivity contribution < 1.29 is 4.79 Å². The number of nitrogens with zero attached hydrogens (tertiary/aromatic N) is 3. The third-order valence-electron chi connectivity index (χ3n) is 2.55. The minimum atomic E-state index is -0.283. The molecule has 1 aromatic carbocycles. The van der Waals surface area contributed by atoms with E-state index in [-0.39, 0.29) is 11.2 Å². The van der Waals surface area contributed by atoms with Crippen LogP contribution in [0.3, 0.4) is 0 Å². The lowest BCUT2D eigenvalue weighted by molar-refractivity contribution is -0.128. The van der Waals surface area contributed by atoms with Crippen LogP contribution in [0.25, 0.3) is 0 Å². The number of rotatable bonds is 5. The standard InChI is InChI=1S/C13H15N3OS3/c1-16(2)11(17)10(9-7-5-4-6-8-9)19-13-15-14-12(18-3)20-13/h4-8,10H,1-3H3. The van der Waals surface area contributed by atoms with Crippen LogP contribution in [-0.2, 0) is 4.79 Å². The summed E-state index contributed by atoms with van der Waals surface area (Å²) in [5.41, 5.74) is 0.983. The van der Waals surface area contributed by atoms with Crippen molar-refractivity contribution >= 4 is 40.8 Å². The zero-order valence-electron chi connectivity index (χ0n) is 11.4. The summed E-state index contributed by atoms with van der Waals surface area (Å²) >= 11 is 4.54. The number of carbonyl (C=O) groups excluding carboxylic acids is 1. The minimum Gasteiger partial charge on any atom is -0.348 e. The molecule has 2 aromatic rings. The van der Waals surface area contributed by atoms with Gasteiger partial charge >= 0.3 is 0 Å². The van der Waals surface area contributed by atoms with Gasteiger partial charge in [-0.05, 0) is 11.8 Å². The van der Waals surface area contributed by atoms with Crippen LogP contribution in [0.5, 0.6) is 0 Å². The molecular formula is C13H15N3OS3. The van der Waals surface area contributed by atoms with Crippen LogP contribution in [-0.4, -0.2) is 41.4 Å². The van der Waals surface area contributed by atoms with Crippen LogP contribution < -0.4 is 0 Å². The number of benzene rings is 1. The molecule has 0 saturated carbocycles. The van der Waals surface area contributed by atoms with Gasteiger partial charge in [0.25, 0.3) is 0 Å². The van der Waals surface area contributed by atoms with Crippen molar-refractivity contribution in [1.29, 1.82) is 0 Å². The van der Waals surface area contributed by atoms with E-state index in [0.29, 0.717) is 0 Å². The largest absolute Gasteiger partial charge is 0.348 e. The first-order chi connectivity index (χ1) is 9.61. The number of hydrogen-bond donors (Lipinski definition) is 0. The molecule has 1 atom stereocenters. The highest BCUT2D eigenvalue weighted by molar-refractivity contribution is 8.03. The third kappa shape index (κ3) is 3.74. The predicted octanol–water partition coefficient (Wildman–Crippen LogP) is 3.18. The Balaban J connectivity index is 2.25. The molecule has 0 aliphatic carbocycles. The Kier molecular flexibility index (Phi) is 5.45. The van der Waals surface area contributed by atoms with Gasteiger partial charge in [-0.25, -0.2) is 0 Å². The molecule has 0 aliphatic rings. The SMILES string of the molecule is CSc1nnc(SC(C(=O)N(C)C)c2ccccc2)s1. The molecule has 1 amide bonds. The van der Waals surface area contributed by atoms with Crippen molar-refractivity contribution in [2.75, 3.05) is 20.4 Å². The smallest absolute Gasteiger partial charge is 0.240 e. The molecule has 0 spiro atoms. The fraction of sp³-hybridized carbons (Fsp3) is 0.308. The maximum Gasteiger partial charge on any atom is 0.240 e. The first kappa shape index (κ1) is 15.3. The number of thioether (sulfide) groups is 2. The Morgan fingerprint density at radius 2 is 1.85 bits per heavy atom. The van der Waals surface area contributed by atoms with Crippen molar-refractivity contribution in [3.05, 3.63) is 35.9 Å². The van der Waals surface area contributed by atoms with Crippen molar-refractivity contribution in [2.24, 2.45) is 0 Å². The summed E-state index contributed by atoms with van der Waals surface area (Å²) in [6.07, 6.45) is 1.97. The van der Waals surface area contributed by atoms with Gasteiger partial charge in [0.05, 0.1) is 0 Å². The van der Waals surface area contributed by atoms with Crippen LogP contribution in [0.4, 0.5) is 0 Å². The van der Waals surface area contributed by atoms with E-state index >= 15 is 0 Å². The second-order valence-corrected chi connectivity index (χ2v) is 7.56. The molecule has 20 heavy (non-hydrogen) atoms. The van der Waals surface area contributed by atoms with Crippen LogP contribution in [0, 0.1) is 0 Å². The Morgan fingerprint density at radius 1 is 1.20 bits per heavy atom. The molecule has 2 rings (SSSR count). The summed E-state index contributed by atoms with van der Waals surface area (Å²) in [5.74, 6) is 0.0575. The molecule has 0 aliphatic heterocycles. The monoisotopic (exact) mass is 325 g/mol. The zero-order valence-corrected chi connectivity index (χ0v) is 13.9. The number of carbonyl (C=O) groups is 1. The summed E-state index contributed by atoms with van der Waals surface area (Å²) in [5, 5.41) is 7.92. The van der Waals surface area contributed by atoms with Gasteiger partial charge in [-0.1, -0.05) is 65.2 Å². The molecule has 0 bridgehead atoms. The van der Waals surface area contributed by atoms with Crippen LogP contribution in [0.15, 0.2) is 39.0 Å². The molecule has 0 N–H and O–H groups in total. The maximum absolute atomic E-state index is 12.4. The van der Waals surface area contributed by atoms with Gasteiger partial charge in [0, 0.05) is 14.1 Å². The summed E-state index contributed by atoms with van der Waals surface area (Å²) in [7, 11) is 3.54. The first-order valence-electron chi connectivity index (χ1n) is 5.92. The molecule has 4 nitrogen and oxygen atoms in total. The number of likely N-dealkylation sites (N-methyl/N-ethyl adjacent to an activating group) is 1. The summed E-state index contributed by atoms with van der Waals surface area (Å²) in [6.45, 7) is 0. The van der Waals surface area contributed by atoms with E-state index in [1.54, 1.807) is 30.8 Å². The van der Waals surface area contributed by atoms with Crippen LogP contribution >= 0.6 is 34.9 Å².